The van der Waals surface area contributed by atoms with E-state index in [1.807, 2.05) is 30.3 Å². The van der Waals surface area contributed by atoms with Crippen molar-refractivity contribution in [2.45, 2.75) is 11.5 Å². The lowest BCUT2D eigenvalue weighted by Gasteiger charge is -2.22. The van der Waals surface area contributed by atoms with Gasteiger partial charge in [0.2, 0.25) is 0 Å². The van der Waals surface area contributed by atoms with Crippen molar-refractivity contribution in [2.24, 2.45) is 0 Å². The van der Waals surface area contributed by atoms with E-state index >= 15 is 0 Å². The molecule has 3 aromatic carbocycles. The number of hydrogen-bond donors (Lipinski definition) is 0. The first-order chi connectivity index (χ1) is 13.1. The molecule has 0 atom stereocenters. The van der Waals surface area contributed by atoms with Crippen LogP contribution in [0.15, 0.2) is 95.9 Å². The number of carbonyl (C=O) groups is 1. The number of amides is 1. The van der Waals surface area contributed by atoms with Gasteiger partial charge in [-0.25, -0.2) is 13.2 Å². The standard InChI is InChI=1S/C21H19NO4S/c23-21(26-16-18-10-4-1-5-11-18)22(19-12-6-2-7-13-19)17-27(24,25)20-14-8-3-9-15-20/h1-15H,16-17H2. The van der Waals surface area contributed by atoms with E-state index in [4.69, 9.17) is 4.74 Å². The number of rotatable bonds is 6. The van der Waals surface area contributed by atoms with E-state index < -0.39 is 21.8 Å². The third-order valence-corrected chi connectivity index (χ3v) is 5.48. The fraction of sp³-hybridized carbons (Fsp3) is 0.0952. The van der Waals surface area contributed by atoms with Gasteiger partial charge >= 0.3 is 6.09 Å². The molecular formula is C21H19NO4S. The van der Waals surface area contributed by atoms with Gasteiger partial charge in [-0.2, -0.15) is 0 Å². The molecule has 0 spiro atoms. The Morgan fingerprint density at radius 2 is 1.30 bits per heavy atom. The van der Waals surface area contributed by atoms with E-state index in [0.717, 1.165) is 10.5 Å². The molecule has 0 fully saturated rings. The maximum absolute atomic E-state index is 12.7. The molecule has 0 saturated carbocycles. The van der Waals surface area contributed by atoms with Crippen molar-refractivity contribution in [1.82, 2.24) is 0 Å². The van der Waals surface area contributed by atoms with Crippen LogP contribution in [-0.4, -0.2) is 20.4 Å². The first-order valence-corrected chi connectivity index (χ1v) is 10.0. The van der Waals surface area contributed by atoms with Gasteiger partial charge in [0.05, 0.1) is 4.90 Å². The molecule has 0 N–H and O–H groups in total. The van der Waals surface area contributed by atoms with Crippen LogP contribution < -0.4 is 4.90 Å². The van der Waals surface area contributed by atoms with Gasteiger partial charge in [-0.15, -0.1) is 0 Å². The minimum atomic E-state index is -3.71. The summed E-state index contributed by atoms with van der Waals surface area (Å²) < 4.78 is 30.8. The second kappa shape index (κ2) is 8.51. The molecule has 0 aliphatic rings. The molecule has 27 heavy (non-hydrogen) atoms. The Balaban J connectivity index is 1.82. The average molecular weight is 381 g/mol. The molecule has 3 rings (SSSR count). The van der Waals surface area contributed by atoms with Crippen molar-refractivity contribution in [1.29, 1.82) is 0 Å². The van der Waals surface area contributed by atoms with E-state index in [2.05, 4.69) is 0 Å². The first kappa shape index (κ1) is 18.7. The maximum Gasteiger partial charge on any atom is 0.415 e. The highest BCUT2D eigenvalue weighted by Crippen LogP contribution is 2.20. The van der Waals surface area contributed by atoms with Gasteiger partial charge in [-0.3, -0.25) is 4.90 Å². The number of nitrogens with zero attached hydrogens (tertiary/aromatic N) is 1. The van der Waals surface area contributed by atoms with Crippen molar-refractivity contribution >= 4 is 21.6 Å². The minimum absolute atomic E-state index is 0.0639. The van der Waals surface area contributed by atoms with Crippen molar-refractivity contribution < 1.29 is 17.9 Å². The minimum Gasteiger partial charge on any atom is -0.444 e. The average Bonchev–Trinajstić information content (AvgIpc) is 2.72. The van der Waals surface area contributed by atoms with Crippen LogP contribution in [0.5, 0.6) is 0 Å². The Hall–Kier alpha value is -3.12. The summed E-state index contributed by atoms with van der Waals surface area (Å²) in [6.07, 6.45) is -0.718. The summed E-state index contributed by atoms with van der Waals surface area (Å²) in [5, 5.41) is 0. The highest BCUT2D eigenvalue weighted by atomic mass is 32.2. The van der Waals surface area contributed by atoms with Gasteiger partial charge in [-0.1, -0.05) is 66.7 Å². The molecule has 0 radical (unpaired) electrons. The Morgan fingerprint density at radius 3 is 1.89 bits per heavy atom. The van der Waals surface area contributed by atoms with Crippen molar-refractivity contribution in [3.8, 4) is 0 Å². The lowest BCUT2D eigenvalue weighted by atomic mass is 10.2. The molecule has 3 aromatic rings. The Morgan fingerprint density at radius 1 is 0.778 bits per heavy atom. The lowest BCUT2D eigenvalue weighted by Crippen LogP contribution is -2.36. The SMILES string of the molecule is O=C(OCc1ccccc1)N(CS(=O)(=O)c1ccccc1)c1ccccc1. The van der Waals surface area contributed by atoms with Gasteiger partial charge < -0.3 is 4.74 Å². The van der Waals surface area contributed by atoms with E-state index in [1.54, 1.807) is 48.5 Å². The molecule has 0 aliphatic carbocycles. The second-order valence-electron chi connectivity index (χ2n) is 5.86. The molecule has 138 valence electrons. The molecule has 1 amide bonds. The predicted octanol–water partition coefficient (Wildman–Crippen LogP) is 4.26. The molecule has 0 saturated heterocycles. The number of benzene rings is 3. The van der Waals surface area contributed by atoms with Gasteiger partial charge in [0.1, 0.15) is 12.5 Å². The summed E-state index contributed by atoms with van der Waals surface area (Å²) in [4.78, 5) is 13.9. The molecule has 0 bridgehead atoms. The predicted molar refractivity (Wildman–Crippen MR) is 104 cm³/mol. The number of sulfone groups is 1. The molecule has 0 aliphatic heterocycles. The van der Waals surface area contributed by atoms with Crippen LogP contribution in [0.1, 0.15) is 5.56 Å². The van der Waals surface area contributed by atoms with Gasteiger partial charge in [0.25, 0.3) is 0 Å². The zero-order valence-corrected chi connectivity index (χ0v) is 15.4. The fourth-order valence-electron chi connectivity index (χ4n) is 2.51. The summed E-state index contributed by atoms with van der Waals surface area (Å²) in [6, 6.07) is 25.9. The molecule has 6 heteroatoms. The molecule has 5 nitrogen and oxygen atoms in total. The quantitative estimate of drug-likeness (QED) is 0.640. The van der Waals surface area contributed by atoms with Gasteiger partial charge in [-0.05, 0) is 29.8 Å². The van der Waals surface area contributed by atoms with Crippen molar-refractivity contribution in [3.05, 3.63) is 96.6 Å². The van der Waals surface area contributed by atoms with Crippen LogP contribution in [0.2, 0.25) is 0 Å². The zero-order chi connectivity index (χ0) is 19.1. The zero-order valence-electron chi connectivity index (χ0n) is 14.6. The number of para-hydroxylation sites is 1. The largest absolute Gasteiger partial charge is 0.444 e. The number of hydrogen-bond acceptors (Lipinski definition) is 4. The Kier molecular flexibility index (Phi) is 5.88. The van der Waals surface area contributed by atoms with E-state index in [9.17, 15) is 13.2 Å². The maximum atomic E-state index is 12.7. The molecule has 0 heterocycles. The summed E-state index contributed by atoms with van der Waals surface area (Å²) in [6.45, 7) is 0.0639. The topological polar surface area (TPSA) is 63.7 Å². The monoisotopic (exact) mass is 381 g/mol. The van der Waals surface area contributed by atoms with Crippen LogP contribution in [0.25, 0.3) is 0 Å². The van der Waals surface area contributed by atoms with Gasteiger partial charge in [0, 0.05) is 5.69 Å². The molecule has 0 unspecified atom stereocenters. The third kappa shape index (κ3) is 4.95. The van der Waals surface area contributed by atoms with Crippen LogP contribution in [0.4, 0.5) is 10.5 Å². The Labute approximate surface area is 158 Å². The van der Waals surface area contributed by atoms with E-state index in [1.165, 1.54) is 12.1 Å². The van der Waals surface area contributed by atoms with Crippen LogP contribution in [0, 0.1) is 0 Å². The fourth-order valence-corrected chi connectivity index (χ4v) is 3.83. The first-order valence-electron chi connectivity index (χ1n) is 8.37. The summed E-state index contributed by atoms with van der Waals surface area (Å²) in [5.41, 5.74) is 1.28. The Bertz CT molecular complexity index is 974. The number of anilines is 1. The van der Waals surface area contributed by atoms with Crippen LogP contribution >= 0.6 is 0 Å². The summed E-state index contributed by atoms with van der Waals surface area (Å²) in [5.74, 6) is -0.505. The summed E-state index contributed by atoms with van der Waals surface area (Å²) in [7, 11) is -3.71. The molecular weight excluding hydrogens is 362 g/mol. The number of carbonyl (C=O) groups excluding carboxylic acids is 1. The smallest absolute Gasteiger partial charge is 0.415 e. The van der Waals surface area contributed by atoms with E-state index in [-0.39, 0.29) is 11.5 Å². The normalized spacial score (nSPS) is 11.0. The highest BCUT2D eigenvalue weighted by Gasteiger charge is 2.25. The van der Waals surface area contributed by atoms with Crippen LogP contribution in [-0.2, 0) is 21.2 Å². The van der Waals surface area contributed by atoms with Crippen molar-refractivity contribution in [2.75, 3.05) is 10.8 Å². The van der Waals surface area contributed by atoms with Crippen LogP contribution in [0.3, 0.4) is 0 Å². The molecule has 0 aromatic heterocycles. The van der Waals surface area contributed by atoms with Crippen molar-refractivity contribution in [3.63, 3.8) is 0 Å². The second-order valence-corrected chi connectivity index (χ2v) is 7.82. The van der Waals surface area contributed by atoms with E-state index in [0.29, 0.717) is 5.69 Å². The third-order valence-electron chi connectivity index (χ3n) is 3.89. The number of ether oxygens (including phenoxy) is 1. The van der Waals surface area contributed by atoms with Gasteiger partial charge in [0.15, 0.2) is 9.84 Å². The highest BCUT2D eigenvalue weighted by molar-refractivity contribution is 7.91. The summed E-state index contributed by atoms with van der Waals surface area (Å²) >= 11 is 0. The lowest BCUT2D eigenvalue weighted by molar-refractivity contribution is 0.148.